The predicted molar refractivity (Wildman–Crippen MR) is 83.6 cm³/mol. The smallest absolute Gasteiger partial charge is 0.332 e. The van der Waals surface area contributed by atoms with Gasteiger partial charge < -0.3 is 10.2 Å². The molecule has 22 heavy (non-hydrogen) atoms. The number of hydrogen-bond acceptors (Lipinski definition) is 2. The van der Waals surface area contributed by atoms with Crippen molar-refractivity contribution in [2.75, 3.05) is 0 Å². The highest BCUT2D eigenvalue weighted by atomic mass is 16.4. The monoisotopic (exact) mass is 302 g/mol. The van der Waals surface area contributed by atoms with Gasteiger partial charge in [-0.1, -0.05) is 55.7 Å². The minimum atomic E-state index is -1.12. The molecule has 118 valence electrons. The average molecular weight is 302 g/mol. The number of aliphatic carboxylic acids is 2. The summed E-state index contributed by atoms with van der Waals surface area (Å²) in [5, 5.41) is 18.9. The number of allylic oxidation sites excluding steroid dienone is 1. The van der Waals surface area contributed by atoms with E-state index in [-0.39, 0.29) is 17.9 Å². The molecule has 1 aliphatic rings. The summed E-state index contributed by atoms with van der Waals surface area (Å²) >= 11 is 0. The molecule has 0 radical (unpaired) electrons. The van der Waals surface area contributed by atoms with E-state index in [1.165, 1.54) is 6.42 Å². The third-order valence-electron chi connectivity index (χ3n) is 4.27. The van der Waals surface area contributed by atoms with Crippen LogP contribution in [0.4, 0.5) is 0 Å². The predicted octanol–water partition coefficient (Wildman–Crippen LogP) is 3.52. The zero-order valence-electron chi connectivity index (χ0n) is 12.6. The number of carboxylic acids is 2. The van der Waals surface area contributed by atoms with Crippen molar-refractivity contribution in [1.82, 2.24) is 0 Å². The Morgan fingerprint density at radius 3 is 2.27 bits per heavy atom. The van der Waals surface area contributed by atoms with E-state index >= 15 is 0 Å². The van der Waals surface area contributed by atoms with Crippen molar-refractivity contribution >= 4 is 11.9 Å². The van der Waals surface area contributed by atoms with Crippen molar-refractivity contribution in [1.29, 1.82) is 0 Å². The lowest BCUT2D eigenvalue weighted by Crippen LogP contribution is -2.24. The molecule has 1 unspecified atom stereocenters. The van der Waals surface area contributed by atoms with E-state index in [2.05, 4.69) is 0 Å². The number of rotatable bonds is 6. The van der Waals surface area contributed by atoms with Gasteiger partial charge in [0.2, 0.25) is 0 Å². The first-order chi connectivity index (χ1) is 10.6. The number of hydrogen-bond donors (Lipinski definition) is 2. The summed E-state index contributed by atoms with van der Waals surface area (Å²) in [4.78, 5) is 23.2. The molecule has 0 bridgehead atoms. The Balaban J connectivity index is 2.23. The maximum Gasteiger partial charge on any atom is 0.332 e. The zero-order valence-corrected chi connectivity index (χ0v) is 12.6. The molecule has 1 atom stereocenters. The first-order valence-corrected chi connectivity index (χ1v) is 7.79. The van der Waals surface area contributed by atoms with Crippen LogP contribution in [0.15, 0.2) is 42.0 Å². The third-order valence-corrected chi connectivity index (χ3v) is 4.27. The van der Waals surface area contributed by atoms with Gasteiger partial charge in [-0.15, -0.1) is 0 Å². The molecule has 0 amide bonds. The Kier molecular flexibility index (Phi) is 5.75. The summed E-state index contributed by atoms with van der Waals surface area (Å²) in [5.74, 6) is -3.00. The molecule has 4 heteroatoms. The van der Waals surface area contributed by atoms with Gasteiger partial charge in [0, 0.05) is 5.57 Å². The van der Waals surface area contributed by atoms with Crippen molar-refractivity contribution in [2.24, 2.45) is 11.8 Å². The van der Waals surface area contributed by atoms with Gasteiger partial charge in [0.05, 0.1) is 5.92 Å². The molecule has 0 saturated heterocycles. The maximum atomic E-state index is 11.6. The largest absolute Gasteiger partial charge is 0.481 e. The van der Waals surface area contributed by atoms with Crippen LogP contribution in [-0.4, -0.2) is 22.2 Å². The Bertz CT molecular complexity index is 541. The molecule has 0 spiro atoms. The molecular weight excluding hydrogens is 280 g/mol. The minimum absolute atomic E-state index is 0.0308. The SMILES string of the molecule is O=C(O)C(=CC1CCCCC1)C(Cc1ccccc1)C(=O)O. The molecule has 4 nitrogen and oxygen atoms in total. The topological polar surface area (TPSA) is 74.6 Å². The van der Waals surface area contributed by atoms with E-state index < -0.39 is 17.9 Å². The van der Waals surface area contributed by atoms with Crippen LogP contribution in [-0.2, 0) is 16.0 Å². The van der Waals surface area contributed by atoms with Crippen LogP contribution in [0.5, 0.6) is 0 Å². The first-order valence-electron chi connectivity index (χ1n) is 7.79. The second kappa shape index (κ2) is 7.78. The van der Waals surface area contributed by atoms with Gasteiger partial charge in [-0.3, -0.25) is 4.79 Å². The van der Waals surface area contributed by atoms with Gasteiger partial charge in [-0.25, -0.2) is 4.79 Å². The summed E-state index contributed by atoms with van der Waals surface area (Å²) in [6.07, 6.45) is 7.17. The van der Waals surface area contributed by atoms with E-state index in [9.17, 15) is 19.8 Å². The second-order valence-electron chi connectivity index (χ2n) is 5.91. The average Bonchev–Trinajstić information content (AvgIpc) is 2.52. The van der Waals surface area contributed by atoms with Gasteiger partial charge in [0.25, 0.3) is 0 Å². The normalized spacial score (nSPS) is 17.9. The molecule has 0 aliphatic heterocycles. The lowest BCUT2D eigenvalue weighted by Gasteiger charge is -2.21. The lowest BCUT2D eigenvalue weighted by molar-refractivity contribution is -0.143. The molecule has 1 saturated carbocycles. The number of benzene rings is 1. The van der Waals surface area contributed by atoms with E-state index in [1.807, 2.05) is 30.3 Å². The van der Waals surface area contributed by atoms with Gasteiger partial charge in [-0.05, 0) is 30.7 Å². The Morgan fingerprint density at radius 1 is 1.09 bits per heavy atom. The molecule has 0 aromatic heterocycles. The summed E-state index contributed by atoms with van der Waals surface area (Å²) < 4.78 is 0. The standard InChI is InChI=1S/C18H22O4/c19-17(20)15(11-13-7-3-1-4-8-13)16(18(21)22)12-14-9-5-2-6-10-14/h1,3-4,7-8,12,14-15H,2,5-6,9-11H2,(H,19,20)(H,21,22). The van der Waals surface area contributed by atoms with E-state index in [4.69, 9.17) is 0 Å². The summed E-state index contributed by atoms with van der Waals surface area (Å²) in [5.41, 5.74) is 0.869. The third kappa shape index (κ3) is 4.45. The van der Waals surface area contributed by atoms with Gasteiger partial charge in [-0.2, -0.15) is 0 Å². The fraction of sp³-hybridized carbons (Fsp3) is 0.444. The molecular formula is C18H22O4. The van der Waals surface area contributed by atoms with Crippen LogP contribution in [0.2, 0.25) is 0 Å². The highest BCUT2D eigenvalue weighted by Crippen LogP contribution is 2.28. The number of carboxylic acid groups (broad SMARTS) is 2. The maximum absolute atomic E-state index is 11.6. The van der Waals surface area contributed by atoms with Crippen LogP contribution in [0.25, 0.3) is 0 Å². The van der Waals surface area contributed by atoms with Crippen LogP contribution >= 0.6 is 0 Å². The highest BCUT2D eigenvalue weighted by molar-refractivity contribution is 5.94. The lowest BCUT2D eigenvalue weighted by atomic mass is 9.84. The van der Waals surface area contributed by atoms with Crippen molar-refractivity contribution in [2.45, 2.75) is 38.5 Å². The molecule has 1 fully saturated rings. The summed E-state index contributed by atoms with van der Waals surface area (Å²) in [6.45, 7) is 0. The number of carbonyl (C=O) groups is 2. The first kappa shape index (κ1) is 16.3. The van der Waals surface area contributed by atoms with Crippen molar-refractivity contribution in [3.8, 4) is 0 Å². The molecule has 2 rings (SSSR count). The second-order valence-corrected chi connectivity index (χ2v) is 5.91. The molecule has 1 aliphatic carbocycles. The van der Waals surface area contributed by atoms with Crippen molar-refractivity contribution in [3.05, 3.63) is 47.5 Å². The molecule has 2 N–H and O–H groups in total. The Hall–Kier alpha value is -2.10. The van der Waals surface area contributed by atoms with E-state index in [0.717, 1.165) is 31.2 Å². The Morgan fingerprint density at radius 2 is 1.73 bits per heavy atom. The summed E-state index contributed by atoms with van der Waals surface area (Å²) in [7, 11) is 0. The van der Waals surface area contributed by atoms with Crippen LogP contribution < -0.4 is 0 Å². The van der Waals surface area contributed by atoms with Crippen LogP contribution in [0, 0.1) is 11.8 Å². The van der Waals surface area contributed by atoms with Crippen LogP contribution in [0.1, 0.15) is 37.7 Å². The Labute approximate surface area is 130 Å². The molecule has 1 aromatic rings. The van der Waals surface area contributed by atoms with Gasteiger partial charge in [0.15, 0.2) is 0 Å². The quantitative estimate of drug-likeness (QED) is 0.788. The molecule has 1 aromatic carbocycles. The van der Waals surface area contributed by atoms with Gasteiger partial charge in [0.1, 0.15) is 0 Å². The zero-order chi connectivity index (χ0) is 15.9. The fourth-order valence-electron chi connectivity index (χ4n) is 3.07. The van der Waals surface area contributed by atoms with E-state index in [0.29, 0.717) is 0 Å². The fourth-order valence-corrected chi connectivity index (χ4v) is 3.07. The van der Waals surface area contributed by atoms with Crippen LogP contribution in [0.3, 0.4) is 0 Å². The minimum Gasteiger partial charge on any atom is -0.481 e. The highest BCUT2D eigenvalue weighted by Gasteiger charge is 2.28. The molecule has 0 heterocycles. The van der Waals surface area contributed by atoms with E-state index in [1.54, 1.807) is 6.08 Å². The summed E-state index contributed by atoms with van der Waals surface area (Å²) in [6, 6.07) is 9.18. The van der Waals surface area contributed by atoms with Crippen molar-refractivity contribution < 1.29 is 19.8 Å². The van der Waals surface area contributed by atoms with Gasteiger partial charge >= 0.3 is 11.9 Å². The van der Waals surface area contributed by atoms with Crippen molar-refractivity contribution in [3.63, 3.8) is 0 Å².